The molecule has 30 heavy (non-hydrogen) atoms. The number of aryl methyl sites for hydroxylation is 1. The Kier molecular flexibility index (Phi) is 7.57. The highest BCUT2D eigenvalue weighted by atomic mass is 19.1. The monoisotopic (exact) mass is 410 g/mol. The lowest BCUT2D eigenvalue weighted by Crippen LogP contribution is -2.31. The second kappa shape index (κ2) is 10.5. The van der Waals surface area contributed by atoms with E-state index < -0.39 is 0 Å². The molecule has 0 saturated heterocycles. The number of aromatic nitrogens is 2. The Bertz CT molecular complexity index is 956. The van der Waals surface area contributed by atoms with Gasteiger partial charge in [-0.15, -0.1) is 0 Å². The van der Waals surface area contributed by atoms with Crippen molar-refractivity contribution >= 4 is 11.6 Å². The molecule has 3 rings (SSSR count). The predicted octanol–water partition coefficient (Wildman–Crippen LogP) is 4.12. The molecule has 0 aliphatic heterocycles. The third-order valence-electron chi connectivity index (χ3n) is 4.60. The van der Waals surface area contributed by atoms with E-state index in [-0.39, 0.29) is 11.7 Å². The van der Waals surface area contributed by atoms with Gasteiger partial charge in [-0.3, -0.25) is 14.8 Å². The molecule has 6 nitrogen and oxygen atoms in total. The molecule has 2 N–H and O–H groups in total. The summed E-state index contributed by atoms with van der Waals surface area (Å²) >= 11 is 0. The molecule has 1 amide bonds. The largest absolute Gasteiger partial charge is 0.494 e. The average molecular weight is 410 g/mol. The van der Waals surface area contributed by atoms with Crippen LogP contribution in [0.4, 0.5) is 10.1 Å². The molecule has 0 aliphatic rings. The van der Waals surface area contributed by atoms with Crippen LogP contribution in [-0.4, -0.2) is 47.7 Å². The number of hydrogen-bond donors (Lipinski definition) is 2. The predicted molar refractivity (Wildman–Crippen MR) is 116 cm³/mol. The van der Waals surface area contributed by atoms with Crippen LogP contribution in [-0.2, 0) is 11.2 Å². The number of benzene rings is 2. The van der Waals surface area contributed by atoms with Gasteiger partial charge in [-0.05, 0) is 75.8 Å². The van der Waals surface area contributed by atoms with Crippen LogP contribution in [0.2, 0.25) is 0 Å². The topological polar surface area (TPSA) is 70.2 Å². The summed E-state index contributed by atoms with van der Waals surface area (Å²) < 4.78 is 18.8. The summed E-state index contributed by atoms with van der Waals surface area (Å²) in [5.74, 6) is 0.450. The Morgan fingerprint density at radius 3 is 2.73 bits per heavy atom. The van der Waals surface area contributed by atoms with Crippen LogP contribution < -0.4 is 10.1 Å². The van der Waals surface area contributed by atoms with Gasteiger partial charge in [0.15, 0.2) is 0 Å². The van der Waals surface area contributed by atoms with Crippen molar-refractivity contribution in [1.82, 2.24) is 15.1 Å². The molecule has 3 aromatic rings. The van der Waals surface area contributed by atoms with Crippen molar-refractivity contribution < 1.29 is 13.9 Å². The van der Waals surface area contributed by atoms with Gasteiger partial charge in [0.25, 0.3) is 0 Å². The first-order chi connectivity index (χ1) is 14.5. The molecule has 0 atom stereocenters. The van der Waals surface area contributed by atoms with Gasteiger partial charge in [-0.25, -0.2) is 4.39 Å². The molecule has 0 spiro atoms. The maximum Gasteiger partial charge on any atom is 0.238 e. The molecule has 1 heterocycles. The number of ether oxygens (including phenoxy) is 1. The van der Waals surface area contributed by atoms with Crippen molar-refractivity contribution in [3.63, 3.8) is 0 Å². The lowest BCUT2D eigenvalue weighted by Gasteiger charge is -2.16. The van der Waals surface area contributed by atoms with Gasteiger partial charge in [0, 0.05) is 16.9 Å². The SMILES string of the molecule is CCOc1ccc(NC(=O)CN(C)CCCc2cc(-c3cccc(F)c3)n[nH]2)cc1. The van der Waals surface area contributed by atoms with Gasteiger partial charge < -0.3 is 10.1 Å². The van der Waals surface area contributed by atoms with E-state index in [4.69, 9.17) is 4.74 Å². The van der Waals surface area contributed by atoms with Crippen molar-refractivity contribution in [3.8, 4) is 17.0 Å². The van der Waals surface area contributed by atoms with Crippen LogP contribution in [0.15, 0.2) is 54.6 Å². The zero-order valence-corrected chi connectivity index (χ0v) is 17.3. The number of halogens is 1. The third kappa shape index (κ3) is 6.42. The number of nitrogens with zero attached hydrogens (tertiary/aromatic N) is 2. The van der Waals surface area contributed by atoms with E-state index in [2.05, 4.69) is 15.5 Å². The molecule has 0 radical (unpaired) electrons. The summed E-state index contributed by atoms with van der Waals surface area (Å²) in [7, 11) is 1.92. The van der Waals surface area contributed by atoms with Gasteiger partial charge in [0.1, 0.15) is 11.6 Å². The average Bonchev–Trinajstić information content (AvgIpc) is 3.18. The second-order valence-corrected chi connectivity index (χ2v) is 7.14. The van der Waals surface area contributed by atoms with Crippen LogP contribution in [0, 0.1) is 5.82 Å². The minimum absolute atomic E-state index is 0.0587. The standard InChI is InChI=1S/C23H27FN4O2/c1-3-30-21-11-9-19(10-12-21)25-23(29)16-28(2)13-5-8-20-15-22(27-26-20)17-6-4-7-18(24)14-17/h4,6-7,9-12,14-15H,3,5,8,13,16H2,1-2H3,(H,25,29)(H,26,27). The van der Waals surface area contributed by atoms with E-state index in [1.807, 2.05) is 55.3 Å². The van der Waals surface area contributed by atoms with E-state index in [9.17, 15) is 9.18 Å². The maximum absolute atomic E-state index is 13.4. The van der Waals surface area contributed by atoms with Crippen molar-refractivity contribution in [2.45, 2.75) is 19.8 Å². The smallest absolute Gasteiger partial charge is 0.238 e. The Morgan fingerprint density at radius 1 is 1.20 bits per heavy atom. The first-order valence-electron chi connectivity index (χ1n) is 10.0. The van der Waals surface area contributed by atoms with E-state index in [0.29, 0.717) is 13.2 Å². The van der Waals surface area contributed by atoms with Crippen molar-refractivity contribution in [1.29, 1.82) is 0 Å². The summed E-state index contributed by atoms with van der Waals surface area (Å²) in [5, 5.41) is 10.2. The number of anilines is 1. The minimum atomic E-state index is -0.276. The zero-order chi connectivity index (χ0) is 21.3. The van der Waals surface area contributed by atoms with Gasteiger partial charge >= 0.3 is 0 Å². The van der Waals surface area contributed by atoms with Gasteiger partial charge in [-0.1, -0.05) is 12.1 Å². The van der Waals surface area contributed by atoms with Gasteiger partial charge in [-0.2, -0.15) is 5.10 Å². The second-order valence-electron chi connectivity index (χ2n) is 7.14. The van der Waals surface area contributed by atoms with Crippen molar-refractivity contribution in [2.75, 3.05) is 32.1 Å². The van der Waals surface area contributed by atoms with Crippen LogP contribution in [0.25, 0.3) is 11.3 Å². The molecule has 0 aliphatic carbocycles. The highest BCUT2D eigenvalue weighted by molar-refractivity contribution is 5.92. The fourth-order valence-electron chi connectivity index (χ4n) is 3.15. The Hall–Kier alpha value is -3.19. The summed E-state index contributed by atoms with van der Waals surface area (Å²) in [4.78, 5) is 14.2. The molecule has 158 valence electrons. The fourth-order valence-corrected chi connectivity index (χ4v) is 3.15. The molecule has 1 aromatic heterocycles. The summed E-state index contributed by atoms with van der Waals surface area (Å²) in [5.41, 5.74) is 3.22. The Morgan fingerprint density at radius 2 is 2.00 bits per heavy atom. The highest BCUT2D eigenvalue weighted by Crippen LogP contribution is 2.19. The summed E-state index contributed by atoms with van der Waals surface area (Å²) in [6, 6.07) is 15.7. The lowest BCUT2D eigenvalue weighted by molar-refractivity contribution is -0.117. The molecular formula is C23H27FN4O2. The number of carbonyl (C=O) groups excluding carboxylic acids is 1. The maximum atomic E-state index is 13.4. The molecular weight excluding hydrogens is 383 g/mol. The Labute approximate surface area is 176 Å². The normalized spacial score (nSPS) is 10.9. The highest BCUT2D eigenvalue weighted by Gasteiger charge is 2.09. The number of carbonyl (C=O) groups is 1. The molecule has 2 aromatic carbocycles. The third-order valence-corrected chi connectivity index (χ3v) is 4.60. The van der Waals surface area contributed by atoms with Crippen LogP contribution in [0.5, 0.6) is 5.75 Å². The molecule has 0 bridgehead atoms. The lowest BCUT2D eigenvalue weighted by atomic mass is 10.1. The number of amides is 1. The van der Waals surface area contributed by atoms with E-state index in [0.717, 1.165) is 47.8 Å². The number of H-pyrrole nitrogens is 1. The molecule has 0 saturated carbocycles. The van der Waals surface area contributed by atoms with Gasteiger partial charge in [0.2, 0.25) is 5.91 Å². The quantitative estimate of drug-likeness (QED) is 0.528. The number of hydrogen-bond acceptors (Lipinski definition) is 4. The Balaban J connectivity index is 1.40. The van der Waals surface area contributed by atoms with E-state index in [1.165, 1.54) is 12.1 Å². The molecule has 7 heteroatoms. The number of aromatic amines is 1. The number of rotatable bonds is 10. The van der Waals surface area contributed by atoms with Gasteiger partial charge in [0.05, 0.1) is 18.8 Å². The fraction of sp³-hybridized carbons (Fsp3) is 0.304. The van der Waals surface area contributed by atoms with E-state index >= 15 is 0 Å². The van der Waals surface area contributed by atoms with Crippen molar-refractivity contribution in [3.05, 3.63) is 66.1 Å². The first-order valence-corrected chi connectivity index (χ1v) is 10.0. The van der Waals surface area contributed by atoms with Crippen LogP contribution >= 0.6 is 0 Å². The van der Waals surface area contributed by atoms with Crippen LogP contribution in [0.1, 0.15) is 19.0 Å². The molecule has 0 unspecified atom stereocenters. The number of nitrogens with one attached hydrogen (secondary N) is 2. The summed E-state index contributed by atoms with van der Waals surface area (Å²) in [6.07, 6.45) is 1.67. The first kappa shape index (κ1) is 21.5. The van der Waals surface area contributed by atoms with Crippen LogP contribution in [0.3, 0.4) is 0 Å². The molecule has 0 fully saturated rings. The van der Waals surface area contributed by atoms with Crippen molar-refractivity contribution in [2.24, 2.45) is 0 Å². The summed E-state index contributed by atoms with van der Waals surface area (Å²) in [6.45, 7) is 3.62. The minimum Gasteiger partial charge on any atom is -0.494 e. The van der Waals surface area contributed by atoms with E-state index in [1.54, 1.807) is 6.07 Å². The zero-order valence-electron chi connectivity index (χ0n) is 17.3. The number of likely N-dealkylation sites (N-methyl/N-ethyl adjacent to an activating group) is 1.